The fourth-order valence-electron chi connectivity index (χ4n) is 5.02. The Balaban J connectivity index is 1.78. The lowest BCUT2D eigenvalue weighted by molar-refractivity contribution is 0.0702. The van der Waals surface area contributed by atoms with E-state index in [2.05, 4.69) is 60.9 Å². The molecule has 2 unspecified atom stereocenters. The van der Waals surface area contributed by atoms with E-state index in [1.54, 1.807) is 5.57 Å². The van der Waals surface area contributed by atoms with E-state index in [-0.39, 0.29) is 5.41 Å². The van der Waals surface area contributed by atoms with Crippen molar-refractivity contribution in [2.75, 3.05) is 24.6 Å². The van der Waals surface area contributed by atoms with Gasteiger partial charge in [-0.05, 0) is 68.1 Å². The summed E-state index contributed by atoms with van der Waals surface area (Å²) >= 11 is 0. The SMILES string of the molecule is CCC/C=C1\PC2CCCC2=C(N2CCC(C)(CO)CC2)N1c1ccccc1C. The van der Waals surface area contributed by atoms with Crippen LogP contribution in [-0.4, -0.2) is 35.4 Å². The Hall–Kier alpha value is -1.31. The first kappa shape index (κ1) is 20.9. The quantitative estimate of drug-likeness (QED) is 0.602. The van der Waals surface area contributed by atoms with Gasteiger partial charge in [-0.25, -0.2) is 0 Å². The van der Waals surface area contributed by atoms with Crippen LogP contribution < -0.4 is 4.90 Å². The highest BCUT2D eigenvalue weighted by Gasteiger charge is 2.39. The highest BCUT2D eigenvalue weighted by molar-refractivity contribution is 7.44. The summed E-state index contributed by atoms with van der Waals surface area (Å²) in [6.45, 7) is 9.18. The van der Waals surface area contributed by atoms with E-state index < -0.39 is 0 Å². The Kier molecular flexibility index (Phi) is 6.37. The van der Waals surface area contributed by atoms with Crippen molar-refractivity contribution < 1.29 is 5.11 Å². The van der Waals surface area contributed by atoms with Crippen molar-refractivity contribution in [3.8, 4) is 0 Å². The first-order valence-electron chi connectivity index (χ1n) is 11.5. The van der Waals surface area contributed by atoms with Crippen molar-refractivity contribution in [3.63, 3.8) is 0 Å². The maximum absolute atomic E-state index is 9.85. The highest BCUT2D eigenvalue weighted by Crippen LogP contribution is 2.53. The second-order valence-corrected chi connectivity index (χ2v) is 10.9. The number of hydrogen-bond acceptors (Lipinski definition) is 3. The summed E-state index contributed by atoms with van der Waals surface area (Å²) in [6, 6.07) is 8.89. The van der Waals surface area contributed by atoms with Gasteiger partial charge in [0.15, 0.2) is 0 Å². The summed E-state index contributed by atoms with van der Waals surface area (Å²) in [5.41, 5.74) is 6.77. The third-order valence-electron chi connectivity index (χ3n) is 7.06. The number of fused-ring (bicyclic) bond motifs is 1. The number of likely N-dealkylation sites (tertiary alicyclic amines) is 1. The number of hydrogen-bond donors (Lipinski definition) is 1. The minimum atomic E-state index is 0.0849. The van der Waals surface area contributed by atoms with Crippen LogP contribution in [-0.2, 0) is 0 Å². The van der Waals surface area contributed by atoms with Gasteiger partial charge in [0.25, 0.3) is 0 Å². The number of anilines is 1. The molecule has 1 saturated carbocycles. The average molecular weight is 413 g/mol. The summed E-state index contributed by atoms with van der Waals surface area (Å²) in [5, 5.41) is 9.85. The molecule has 4 heteroatoms. The lowest BCUT2D eigenvalue weighted by Crippen LogP contribution is -2.46. The van der Waals surface area contributed by atoms with Crippen molar-refractivity contribution in [1.82, 2.24) is 4.90 Å². The van der Waals surface area contributed by atoms with Crippen LogP contribution in [0.5, 0.6) is 0 Å². The van der Waals surface area contributed by atoms with E-state index in [0.717, 1.165) is 46.6 Å². The van der Waals surface area contributed by atoms with Crippen molar-refractivity contribution in [2.45, 2.75) is 71.4 Å². The first-order valence-corrected chi connectivity index (χ1v) is 12.6. The fourth-order valence-corrected chi connectivity index (χ4v) is 6.79. The molecule has 2 atom stereocenters. The number of aryl methyl sites for hydroxylation is 1. The van der Waals surface area contributed by atoms with E-state index in [0.29, 0.717) is 6.61 Å². The van der Waals surface area contributed by atoms with Crippen molar-refractivity contribution in [1.29, 1.82) is 0 Å². The zero-order valence-electron chi connectivity index (χ0n) is 18.4. The van der Waals surface area contributed by atoms with Crippen LogP contribution in [0.3, 0.4) is 0 Å². The molecule has 1 saturated heterocycles. The molecular weight excluding hydrogens is 375 g/mol. The Labute approximate surface area is 178 Å². The Morgan fingerprint density at radius 1 is 1.24 bits per heavy atom. The second-order valence-electron chi connectivity index (χ2n) is 9.39. The molecule has 29 heavy (non-hydrogen) atoms. The summed E-state index contributed by atoms with van der Waals surface area (Å²) in [7, 11) is 0.890. The smallest absolute Gasteiger partial charge is 0.113 e. The van der Waals surface area contributed by atoms with E-state index in [4.69, 9.17) is 0 Å². The van der Waals surface area contributed by atoms with Crippen LogP contribution in [0, 0.1) is 12.3 Å². The molecule has 0 aromatic heterocycles. The van der Waals surface area contributed by atoms with Crippen molar-refractivity contribution in [2.24, 2.45) is 5.41 Å². The lowest BCUT2D eigenvalue weighted by atomic mass is 9.81. The summed E-state index contributed by atoms with van der Waals surface area (Å²) in [4.78, 5) is 5.28. The van der Waals surface area contributed by atoms with E-state index >= 15 is 0 Å². The van der Waals surface area contributed by atoms with Crippen molar-refractivity contribution >= 4 is 14.3 Å². The molecule has 3 aliphatic rings. The standard InChI is InChI=1S/C25H37N2OP/c1-4-5-13-23-27(21-11-7-6-9-19(21)2)24(20-10-8-12-22(20)29-23)26-16-14-25(3,18-28)15-17-26/h6-7,9,11,13,22,28-29H,4-5,8,10,12,14-18H2,1-3H3/b23-13-. The van der Waals surface area contributed by atoms with Crippen LogP contribution in [0.1, 0.15) is 64.4 Å². The molecule has 0 spiro atoms. The molecule has 158 valence electrons. The Morgan fingerprint density at radius 3 is 2.69 bits per heavy atom. The summed E-state index contributed by atoms with van der Waals surface area (Å²) < 4.78 is 0. The van der Waals surface area contributed by atoms with E-state index in [9.17, 15) is 5.11 Å². The van der Waals surface area contributed by atoms with Crippen LogP contribution in [0.15, 0.2) is 47.2 Å². The largest absolute Gasteiger partial charge is 0.396 e. The molecule has 2 heterocycles. The number of para-hydroxylation sites is 1. The van der Waals surface area contributed by atoms with Gasteiger partial charge in [-0.1, -0.05) is 53.1 Å². The van der Waals surface area contributed by atoms with Crippen LogP contribution in [0.25, 0.3) is 0 Å². The van der Waals surface area contributed by atoms with Gasteiger partial charge < -0.3 is 10.0 Å². The zero-order chi connectivity index (χ0) is 20.4. The lowest BCUT2D eigenvalue weighted by Gasteiger charge is -2.47. The predicted molar refractivity (Wildman–Crippen MR) is 126 cm³/mol. The Bertz CT molecular complexity index is 792. The van der Waals surface area contributed by atoms with Gasteiger partial charge in [-0.15, -0.1) is 0 Å². The minimum absolute atomic E-state index is 0.0849. The molecule has 0 bridgehead atoms. The third-order valence-corrected chi connectivity index (χ3v) is 8.77. The van der Waals surface area contributed by atoms with E-state index in [1.807, 2.05) is 0 Å². The molecule has 1 aromatic carbocycles. The number of nitrogens with zero attached hydrogens (tertiary/aromatic N) is 2. The Morgan fingerprint density at radius 2 is 2.00 bits per heavy atom. The van der Waals surface area contributed by atoms with Gasteiger partial charge in [-0.2, -0.15) is 0 Å². The molecule has 1 aromatic rings. The normalized spacial score (nSPS) is 26.5. The van der Waals surface area contributed by atoms with Crippen LogP contribution >= 0.6 is 8.58 Å². The minimum Gasteiger partial charge on any atom is -0.396 e. The van der Waals surface area contributed by atoms with E-state index in [1.165, 1.54) is 48.2 Å². The monoisotopic (exact) mass is 412 g/mol. The number of aliphatic hydroxyl groups is 1. The molecule has 2 aliphatic heterocycles. The molecular formula is C25H37N2OP. The van der Waals surface area contributed by atoms with Gasteiger partial charge >= 0.3 is 0 Å². The van der Waals surface area contributed by atoms with Gasteiger partial charge in [0.1, 0.15) is 5.82 Å². The van der Waals surface area contributed by atoms with Gasteiger partial charge in [0.05, 0.1) is 5.69 Å². The molecule has 4 rings (SSSR count). The summed E-state index contributed by atoms with van der Waals surface area (Å²) in [6.07, 6.45) is 11.0. The van der Waals surface area contributed by atoms with Crippen molar-refractivity contribution in [3.05, 3.63) is 52.7 Å². The molecule has 3 nitrogen and oxygen atoms in total. The van der Waals surface area contributed by atoms with Gasteiger partial charge in [0, 0.05) is 30.8 Å². The highest BCUT2D eigenvalue weighted by atomic mass is 31.1. The number of unbranched alkanes of at least 4 members (excludes halogenated alkanes) is 1. The number of piperidine rings is 1. The number of allylic oxidation sites excluding steroid dienone is 2. The van der Waals surface area contributed by atoms with Crippen LogP contribution in [0.4, 0.5) is 5.69 Å². The molecule has 2 fully saturated rings. The molecule has 1 aliphatic carbocycles. The topological polar surface area (TPSA) is 26.7 Å². The van der Waals surface area contributed by atoms with Gasteiger partial charge in [0.2, 0.25) is 0 Å². The summed E-state index contributed by atoms with van der Waals surface area (Å²) in [5.74, 6) is 1.49. The van der Waals surface area contributed by atoms with Crippen LogP contribution in [0.2, 0.25) is 0 Å². The third kappa shape index (κ3) is 4.14. The molecule has 1 N–H and O–H groups in total. The average Bonchev–Trinajstić information content (AvgIpc) is 3.21. The number of rotatable bonds is 5. The fraction of sp³-hybridized carbons (Fsp3) is 0.600. The zero-order valence-corrected chi connectivity index (χ0v) is 19.4. The first-order chi connectivity index (χ1) is 14.1. The second kappa shape index (κ2) is 8.82. The number of benzene rings is 1. The number of aliphatic hydroxyl groups excluding tert-OH is 1. The maximum atomic E-state index is 9.85. The maximum Gasteiger partial charge on any atom is 0.113 e. The predicted octanol–water partition coefficient (Wildman–Crippen LogP) is 5.99. The van der Waals surface area contributed by atoms with Gasteiger partial charge in [-0.3, -0.25) is 4.90 Å². The molecule has 0 radical (unpaired) electrons. The molecule has 0 amide bonds.